The molecule has 8 heteroatoms. The number of anilines is 3. The number of fused-ring (bicyclic) bond motifs is 1. The van der Waals surface area contributed by atoms with Gasteiger partial charge >= 0.3 is 0 Å². The van der Waals surface area contributed by atoms with Crippen LogP contribution < -0.4 is 10.2 Å². The van der Waals surface area contributed by atoms with Gasteiger partial charge in [0.15, 0.2) is 17.0 Å². The molecule has 2 aromatic heterocycles. The first-order valence-electron chi connectivity index (χ1n) is 8.50. The van der Waals surface area contributed by atoms with Gasteiger partial charge in [-0.15, -0.1) is 0 Å². The molecule has 1 aromatic carbocycles. The molecule has 0 radical (unpaired) electrons. The van der Waals surface area contributed by atoms with E-state index >= 15 is 0 Å². The van der Waals surface area contributed by atoms with Gasteiger partial charge in [-0.3, -0.25) is 0 Å². The Bertz CT molecular complexity index is 909. The fourth-order valence-corrected chi connectivity index (χ4v) is 3.09. The van der Waals surface area contributed by atoms with E-state index in [1.165, 1.54) is 12.1 Å². The summed E-state index contributed by atoms with van der Waals surface area (Å²) in [5.74, 6) is 0.820. The summed E-state index contributed by atoms with van der Waals surface area (Å²) >= 11 is 0. The van der Waals surface area contributed by atoms with Crippen LogP contribution in [0.4, 0.5) is 21.8 Å². The quantitative estimate of drug-likeness (QED) is 0.775. The number of benzene rings is 1. The Balaban J connectivity index is 1.74. The normalized spacial score (nSPS) is 20.3. The summed E-state index contributed by atoms with van der Waals surface area (Å²) in [6, 6.07) is 6.09. The van der Waals surface area contributed by atoms with Crippen LogP contribution in [0.2, 0.25) is 0 Å². The summed E-state index contributed by atoms with van der Waals surface area (Å²) in [5, 5.41) is 3.20. The van der Waals surface area contributed by atoms with Crippen LogP contribution in [0.5, 0.6) is 0 Å². The van der Waals surface area contributed by atoms with Gasteiger partial charge in [-0.1, -0.05) is 0 Å². The van der Waals surface area contributed by atoms with E-state index in [9.17, 15) is 4.39 Å². The average Bonchev–Trinajstić information content (AvgIpc) is 2.63. The maximum absolute atomic E-state index is 13.2. The monoisotopic (exact) mass is 354 g/mol. The van der Waals surface area contributed by atoms with Crippen molar-refractivity contribution in [2.24, 2.45) is 0 Å². The van der Waals surface area contributed by atoms with Crippen molar-refractivity contribution in [3.05, 3.63) is 42.5 Å². The minimum absolute atomic E-state index is 0.0911. The zero-order valence-electron chi connectivity index (χ0n) is 14.6. The molecule has 3 aromatic rings. The van der Waals surface area contributed by atoms with E-state index in [0.717, 1.165) is 0 Å². The molecule has 2 atom stereocenters. The molecular formula is C18H19FN6O. The van der Waals surface area contributed by atoms with E-state index < -0.39 is 0 Å². The lowest BCUT2D eigenvalue weighted by Gasteiger charge is -2.35. The second kappa shape index (κ2) is 6.80. The summed E-state index contributed by atoms with van der Waals surface area (Å²) in [7, 11) is 0. The number of aromatic nitrogens is 4. The largest absolute Gasteiger partial charge is 0.372 e. The first-order valence-corrected chi connectivity index (χ1v) is 8.50. The summed E-state index contributed by atoms with van der Waals surface area (Å²) in [4.78, 5) is 20.0. The molecule has 2 unspecified atom stereocenters. The van der Waals surface area contributed by atoms with Gasteiger partial charge in [0, 0.05) is 31.2 Å². The molecular weight excluding hydrogens is 335 g/mol. The number of nitrogens with one attached hydrogen (secondary N) is 1. The summed E-state index contributed by atoms with van der Waals surface area (Å²) in [5.41, 5.74) is 1.79. The maximum atomic E-state index is 13.2. The van der Waals surface area contributed by atoms with Crippen LogP contribution in [0.1, 0.15) is 13.8 Å². The first kappa shape index (κ1) is 16.6. The SMILES string of the molecule is CC1CN(c2nc(Nc3ccc(F)cc3)c3nccnc3n2)CC(C)O1. The highest BCUT2D eigenvalue weighted by Crippen LogP contribution is 2.25. The molecule has 0 spiro atoms. The Labute approximate surface area is 150 Å². The highest BCUT2D eigenvalue weighted by Gasteiger charge is 2.25. The van der Waals surface area contributed by atoms with Crippen LogP contribution in [0.3, 0.4) is 0 Å². The average molecular weight is 354 g/mol. The molecule has 7 nitrogen and oxygen atoms in total. The zero-order chi connectivity index (χ0) is 18.1. The first-order chi connectivity index (χ1) is 12.6. The topological polar surface area (TPSA) is 76.1 Å². The minimum Gasteiger partial charge on any atom is -0.372 e. The van der Waals surface area contributed by atoms with Gasteiger partial charge in [-0.2, -0.15) is 9.97 Å². The molecule has 26 heavy (non-hydrogen) atoms. The van der Waals surface area contributed by atoms with Crippen molar-refractivity contribution in [1.29, 1.82) is 0 Å². The van der Waals surface area contributed by atoms with Gasteiger partial charge in [0.05, 0.1) is 12.2 Å². The molecule has 1 N–H and O–H groups in total. The lowest BCUT2D eigenvalue weighted by Crippen LogP contribution is -2.46. The highest BCUT2D eigenvalue weighted by molar-refractivity contribution is 5.85. The van der Waals surface area contributed by atoms with Crippen molar-refractivity contribution in [1.82, 2.24) is 19.9 Å². The Hall–Kier alpha value is -2.87. The number of nitrogens with zero attached hydrogens (tertiary/aromatic N) is 5. The molecule has 1 aliphatic rings. The fraction of sp³-hybridized carbons (Fsp3) is 0.333. The van der Waals surface area contributed by atoms with Crippen LogP contribution in [-0.2, 0) is 4.74 Å². The van der Waals surface area contributed by atoms with E-state index in [4.69, 9.17) is 4.74 Å². The van der Waals surface area contributed by atoms with Crippen molar-refractivity contribution in [3.8, 4) is 0 Å². The van der Waals surface area contributed by atoms with E-state index in [1.54, 1.807) is 24.5 Å². The van der Waals surface area contributed by atoms with E-state index in [-0.39, 0.29) is 18.0 Å². The van der Waals surface area contributed by atoms with Crippen molar-refractivity contribution < 1.29 is 9.13 Å². The third kappa shape index (κ3) is 3.41. The van der Waals surface area contributed by atoms with Crippen LogP contribution >= 0.6 is 0 Å². The van der Waals surface area contributed by atoms with Gasteiger partial charge in [0.1, 0.15) is 5.82 Å². The Morgan fingerprint density at radius 1 is 1.04 bits per heavy atom. The van der Waals surface area contributed by atoms with Crippen LogP contribution in [0, 0.1) is 5.82 Å². The Morgan fingerprint density at radius 3 is 2.46 bits per heavy atom. The van der Waals surface area contributed by atoms with E-state index in [1.807, 2.05) is 13.8 Å². The molecule has 1 aliphatic heterocycles. The number of hydrogen-bond donors (Lipinski definition) is 1. The third-order valence-electron chi connectivity index (χ3n) is 4.13. The predicted molar refractivity (Wildman–Crippen MR) is 97.0 cm³/mol. The second-order valence-corrected chi connectivity index (χ2v) is 6.39. The van der Waals surface area contributed by atoms with Gasteiger partial charge in [-0.05, 0) is 38.1 Å². The summed E-state index contributed by atoms with van der Waals surface area (Å²) in [6.07, 6.45) is 3.38. The highest BCUT2D eigenvalue weighted by atomic mass is 19.1. The van der Waals surface area contributed by atoms with Crippen molar-refractivity contribution in [3.63, 3.8) is 0 Å². The fourth-order valence-electron chi connectivity index (χ4n) is 3.09. The van der Waals surface area contributed by atoms with Crippen LogP contribution in [-0.4, -0.2) is 45.2 Å². The van der Waals surface area contributed by atoms with Gasteiger partial charge in [0.2, 0.25) is 5.95 Å². The predicted octanol–water partition coefficient (Wildman–Crippen LogP) is 2.92. The maximum Gasteiger partial charge on any atom is 0.229 e. The van der Waals surface area contributed by atoms with Crippen molar-refractivity contribution in [2.75, 3.05) is 23.3 Å². The number of hydrogen-bond acceptors (Lipinski definition) is 7. The zero-order valence-corrected chi connectivity index (χ0v) is 14.6. The third-order valence-corrected chi connectivity index (χ3v) is 4.13. The number of ether oxygens (including phenoxy) is 1. The minimum atomic E-state index is -0.292. The van der Waals surface area contributed by atoms with E-state index in [2.05, 4.69) is 30.2 Å². The van der Waals surface area contributed by atoms with Crippen LogP contribution in [0.15, 0.2) is 36.7 Å². The van der Waals surface area contributed by atoms with E-state index in [0.29, 0.717) is 41.7 Å². The molecule has 0 saturated carbocycles. The Kier molecular flexibility index (Phi) is 4.34. The number of rotatable bonds is 3. The summed E-state index contributed by atoms with van der Waals surface area (Å²) in [6.45, 7) is 5.46. The van der Waals surface area contributed by atoms with Crippen molar-refractivity contribution in [2.45, 2.75) is 26.1 Å². The van der Waals surface area contributed by atoms with Crippen molar-refractivity contribution >= 4 is 28.6 Å². The second-order valence-electron chi connectivity index (χ2n) is 6.39. The number of halogens is 1. The number of morpholine rings is 1. The molecule has 0 aliphatic carbocycles. The molecule has 1 fully saturated rings. The molecule has 1 saturated heterocycles. The molecule has 134 valence electrons. The molecule has 0 amide bonds. The van der Waals surface area contributed by atoms with Gasteiger partial charge < -0.3 is 15.0 Å². The van der Waals surface area contributed by atoms with Gasteiger partial charge in [-0.25, -0.2) is 14.4 Å². The Morgan fingerprint density at radius 2 is 1.73 bits per heavy atom. The molecule has 4 rings (SSSR count). The lowest BCUT2D eigenvalue weighted by atomic mass is 10.2. The smallest absolute Gasteiger partial charge is 0.229 e. The van der Waals surface area contributed by atoms with Gasteiger partial charge in [0.25, 0.3) is 0 Å². The van der Waals surface area contributed by atoms with Crippen LogP contribution in [0.25, 0.3) is 11.2 Å². The summed E-state index contributed by atoms with van der Waals surface area (Å²) < 4.78 is 19.0. The standard InChI is InChI=1S/C18H19FN6O/c1-11-9-25(10-12(2)26-11)18-23-16-15(20-7-8-21-16)17(24-18)22-14-5-3-13(19)4-6-14/h3-8,11-12H,9-10H2,1-2H3,(H,21,22,23,24). The lowest BCUT2D eigenvalue weighted by molar-refractivity contribution is -0.00569. The molecule has 3 heterocycles. The molecule has 0 bridgehead atoms.